The van der Waals surface area contributed by atoms with E-state index in [1.54, 1.807) is 0 Å². The molecule has 0 saturated heterocycles. The summed E-state index contributed by atoms with van der Waals surface area (Å²) in [4.78, 5) is 0. The Labute approximate surface area is 208 Å². The molecule has 4 fully saturated rings. The molecule has 4 aliphatic carbocycles. The Morgan fingerprint density at radius 3 is 2.24 bits per heavy atom. The second kappa shape index (κ2) is 8.57. The van der Waals surface area contributed by atoms with E-state index in [0.717, 1.165) is 50.5 Å². The van der Waals surface area contributed by atoms with Gasteiger partial charge in [0.05, 0.1) is 24.4 Å². The molecule has 0 aliphatic heterocycles. The van der Waals surface area contributed by atoms with Gasteiger partial charge in [-0.05, 0) is 118 Å². The van der Waals surface area contributed by atoms with Crippen molar-refractivity contribution in [2.75, 3.05) is 6.61 Å². The summed E-state index contributed by atoms with van der Waals surface area (Å²) in [5.74, 6) is 1.72. The highest BCUT2D eigenvalue weighted by Gasteiger charge is 2.69. The van der Waals surface area contributed by atoms with Crippen LogP contribution < -0.4 is 0 Å². The molecule has 0 spiro atoms. The van der Waals surface area contributed by atoms with E-state index in [1.807, 2.05) is 13.8 Å². The molecule has 0 aromatic heterocycles. The molecule has 4 nitrogen and oxygen atoms in total. The smallest absolute Gasteiger partial charge is 0.0745 e. The molecule has 196 valence electrons. The van der Waals surface area contributed by atoms with E-state index >= 15 is 0 Å². The van der Waals surface area contributed by atoms with Gasteiger partial charge in [0.15, 0.2) is 0 Å². The van der Waals surface area contributed by atoms with E-state index in [9.17, 15) is 20.4 Å². The van der Waals surface area contributed by atoms with Gasteiger partial charge in [-0.15, -0.1) is 0 Å². The largest absolute Gasteiger partial charge is 0.396 e. The molecular weight excluding hydrogens is 424 g/mol. The number of hydrogen-bond donors (Lipinski definition) is 4. The maximum atomic E-state index is 11.6. The van der Waals surface area contributed by atoms with Gasteiger partial charge in [-0.1, -0.05) is 39.8 Å². The van der Waals surface area contributed by atoms with Crippen molar-refractivity contribution in [3.8, 4) is 0 Å². The van der Waals surface area contributed by atoms with Gasteiger partial charge in [-0.25, -0.2) is 0 Å². The molecule has 0 aromatic carbocycles. The third-order valence-corrected chi connectivity index (χ3v) is 12.8. The van der Waals surface area contributed by atoms with Crippen LogP contribution in [0.1, 0.15) is 106 Å². The number of aliphatic hydroxyl groups is 4. The first-order chi connectivity index (χ1) is 15.7. The second-order valence-electron chi connectivity index (χ2n) is 14.3. The molecule has 0 amide bonds. The fraction of sp³-hybridized carbons (Fsp3) is 0.933. The molecule has 4 N–H and O–H groups in total. The standard InChI is InChI=1S/C30H52O4/c1-19(2)22(32)11-17-30(7,34)21-10-15-28(5)20(21)8-9-24-26(3)14-13-25(33)27(4,18-31)23(26)12-16-29(24,28)6/h20-25,31-34H,1,8-18H2,2-7H3/t20-,21+,22-,23-,24-,25+,26+,27+,28-,29-,30+/m1/s1. The van der Waals surface area contributed by atoms with Crippen molar-refractivity contribution in [2.45, 2.75) is 124 Å². The zero-order valence-electron chi connectivity index (χ0n) is 22.7. The Kier molecular flexibility index (Phi) is 6.71. The molecule has 0 radical (unpaired) electrons. The predicted octanol–water partition coefficient (Wildman–Crippen LogP) is 5.47. The van der Waals surface area contributed by atoms with Crippen LogP contribution in [-0.2, 0) is 0 Å². The molecule has 0 bridgehead atoms. The Hall–Kier alpha value is -0.420. The molecule has 4 heteroatoms. The minimum atomic E-state index is -0.770. The maximum Gasteiger partial charge on any atom is 0.0745 e. The molecule has 0 aromatic rings. The average Bonchev–Trinajstić information content (AvgIpc) is 3.14. The summed E-state index contributed by atoms with van der Waals surface area (Å²) in [6.45, 7) is 17.5. The summed E-state index contributed by atoms with van der Waals surface area (Å²) in [5, 5.41) is 43.2. The molecule has 4 rings (SSSR count). The molecule has 4 saturated carbocycles. The maximum absolute atomic E-state index is 11.6. The minimum absolute atomic E-state index is 0.0682. The highest BCUT2D eigenvalue weighted by molar-refractivity contribution is 5.18. The van der Waals surface area contributed by atoms with Gasteiger partial charge >= 0.3 is 0 Å². The lowest BCUT2D eigenvalue weighted by atomic mass is 9.35. The van der Waals surface area contributed by atoms with Gasteiger partial charge in [0.25, 0.3) is 0 Å². The van der Waals surface area contributed by atoms with Crippen LogP contribution in [0.2, 0.25) is 0 Å². The van der Waals surface area contributed by atoms with Crippen molar-refractivity contribution in [2.24, 2.45) is 45.3 Å². The minimum Gasteiger partial charge on any atom is -0.396 e. The van der Waals surface area contributed by atoms with Gasteiger partial charge in [0.2, 0.25) is 0 Å². The first kappa shape index (κ1) is 26.6. The predicted molar refractivity (Wildman–Crippen MR) is 137 cm³/mol. The lowest BCUT2D eigenvalue weighted by molar-refractivity contribution is -0.234. The molecule has 0 unspecified atom stereocenters. The van der Waals surface area contributed by atoms with Crippen molar-refractivity contribution < 1.29 is 20.4 Å². The normalized spacial score (nSPS) is 51.1. The Morgan fingerprint density at radius 2 is 1.62 bits per heavy atom. The van der Waals surface area contributed by atoms with Crippen LogP contribution in [0.5, 0.6) is 0 Å². The van der Waals surface area contributed by atoms with Crippen LogP contribution in [0.4, 0.5) is 0 Å². The van der Waals surface area contributed by atoms with Gasteiger partial charge < -0.3 is 20.4 Å². The summed E-state index contributed by atoms with van der Waals surface area (Å²) >= 11 is 0. The van der Waals surface area contributed by atoms with Crippen LogP contribution in [0.25, 0.3) is 0 Å². The number of hydrogen-bond acceptors (Lipinski definition) is 4. The lowest BCUT2D eigenvalue weighted by Gasteiger charge is -2.70. The summed E-state index contributed by atoms with van der Waals surface area (Å²) in [6.07, 6.45) is 8.87. The topological polar surface area (TPSA) is 80.9 Å². The van der Waals surface area contributed by atoms with E-state index in [-0.39, 0.29) is 28.8 Å². The summed E-state index contributed by atoms with van der Waals surface area (Å²) in [7, 11) is 0. The van der Waals surface area contributed by atoms with Crippen LogP contribution >= 0.6 is 0 Å². The Bertz CT molecular complexity index is 793. The average molecular weight is 477 g/mol. The van der Waals surface area contributed by atoms with Crippen molar-refractivity contribution in [3.05, 3.63) is 12.2 Å². The fourth-order valence-electron chi connectivity index (χ4n) is 10.4. The van der Waals surface area contributed by atoms with Gasteiger partial charge in [-0.2, -0.15) is 0 Å². The Morgan fingerprint density at radius 1 is 0.971 bits per heavy atom. The van der Waals surface area contributed by atoms with Crippen molar-refractivity contribution in [1.82, 2.24) is 0 Å². The molecule has 4 aliphatic rings. The zero-order chi connectivity index (χ0) is 25.3. The van der Waals surface area contributed by atoms with Crippen molar-refractivity contribution >= 4 is 0 Å². The Balaban J connectivity index is 1.60. The van der Waals surface area contributed by atoms with E-state index in [1.165, 1.54) is 6.42 Å². The molecule has 34 heavy (non-hydrogen) atoms. The second-order valence-corrected chi connectivity index (χ2v) is 14.3. The molecule has 0 heterocycles. The summed E-state index contributed by atoms with van der Waals surface area (Å²) in [5.41, 5.74) is 0.145. The monoisotopic (exact) mass is 476 g/mol. The molecule has 11 atom stereocenters. The van der Waals surface area contributed by atoms with Gasteiger partial charge in [0, 0.05) is 5.41 Å². The number of rotatable bonds is 6. The van der Waals surface area contributed by atoms with Crippen LogP contribution in [0, 0.1) is 45.3 Å². The lowest BCUT2D eigenvalue weighted by Crippen LogP contribution is -2.65. The first-order valence-corrected chi connectivity index (χ1v) is 14.0. The zero-order valence-corrected chi connectivity index (χ0v) is 22.7. The van der Waals surface area contributed by atoms with Gasteiger partial charge in [-0.3, -0.25) is 0 Å². The third kappa shape index (κ3) is 3.60. The highest BCUT2D eigenvalue weighted by Crippen LogP contribution is 2.75. The van der Waals surface area contributed by atoms with Crippen molar-refractivity contribution in [3.63, 3.8) is 0 Å². The van der Waals surface area contributed by atoms with E-state index < -0.39 is 23.2 Å². The first-order valence-electron chi connectivity index (χ1n) is 14.0. The van der Waals surface area contributed by atoms with E-state index in [0.29, 0.717) is 30.6 Å². The van der Waals surface area contributed by atoms with Crippen LogP contribution in [-0.4, -0.2) is 44.8 Å². The molecular formula is C30H52O4. The summed E-state index contributed by atoms with van der Waals surface area (Å²) in [6, 6.07) is 0. The number of aliphatic hydroxyl groups excluding tert-OH is 3. The van der Waals surface area contributed by atoms with Crippen molar-refractivity contribution in [1.29, 1.82) is 0 Å². The van der Waals surface area contributed by atoms with Crippen LogP contribution in [0.15, 0.2) is 12.2 Å². The quantitative estimate of drug-likeness (QED) is 0.383. The van der Waals surface area contributed by atoms with Crippen LogP contribution in [0.3, 0.4) is 0 Å². The third-order valence-electron chi connectivity index (χ3n) is 12.8. The SMILES string of the molecule is C=C(C)[C@H](O)CC[C@](C)(O)[C@H]1CC[C@]2(C)[C@@H]1CC[C@@H]1[C@@]3(C)CC[C@H](O)[C@@](C)(CO)[C@@H]3CC[C@]12C. The highest BCUT2D eigenvalue weighted by atomic mass is 16.3. The van der Waals surface area contributed by atoms with E-state index in [4.69, 9.17) is 0 Å². The number of fused-ring (bicyclic) bond motifs is 5. The summed E-state index contributed by atoms with van der Waals surface area (Å²) < 4.78 is 0. The van der Waals surface area contributed by atoms with Gasteiger partial charge in [0.1, 0.15) is 0 Å². The fourth-order valence-corrected chi connectivity index (χ4v) is 10.4. The van der Waals surface area contributed by atoms with E-state index in [2.05, 4.69) is 34.3 Å².